The van der Waals surface area contributed by atoms with Crippen molar-refractivity contribution in [2.75, 3.05) is 7.05 Å². The van der Waals surface area contributed by atoms with Gasteiger partial charge in [0.05, 0.1) is 0 Å². The van der Waals surface area contributed by atoms with Gasteiger partial charge in [-0.25, -0.2) is 0 Å². The van der Waals surface area contributed by atoms with Crippen LogP contribution in [-0.2, 0) is 0 Å². The van der Waals surface area contributed by atoms with Crippen molar-refractivity contribution in [1.82, 2.24) is 5.32 Å². The van der Waals surface area contributed by atoms with Crippen LogP contribution < -0.4 is 5.32 Å². The normalized spacial score (nSPS) is 12.5. The lowest BCUT2D eigenvalue weighted by Crippen LogP contribution is -2.15. The summed E-state index contributed by atoms with van der Waals surface area (Å²) in [6.45, 7) is 8.07. The fourth-order valence-corrected chi connectivity index (χ4v) is 1.57. The van der Waals surface area contributed by atoms with Crippen LogP contribution in [-0.4, -0.2) is 7.05 Å². The van der Waals surface area contributed by atoms with E-state index < -0.39 is 0 Å². The summed E-state index contributed by atoms with van der Waals surface area (Å²) in [6.07, 6.45) is 2.93. The Labute approximate surface area is 86.8 Å². The van der Waals surface area contributed by atoms with Gasteiger partial charge in [-0.3, -0.25) is 0 Å². The molecule has 1 aromatic rings. The topological polar surface area (TPSA) is 12.0 Å². The van der Waals surface area contributed by atoms with Gasteiger partial charge in [0, 0.05) is 6.04 Å². The lowest BCUT2D eigenvalue weighted by molar-refractivity contribution is 0.603. The van der Waals surface area contributed by atoms with Gasteiger partial charge in [-0.15, -0.1) is 6.58 Å². The Kier molecular flexibility index (Phi) is 3.90. The molecule has 1 aromatic carbocycles. The number of hydrogen-bond donors (Lipinski definition) is 1. The number of benzene rings is 1. The Morgan fingerprint density at radius 1 is 1.36 bits per heavy atom. The molecule has 1 heteroatoms. The number of nitrogens with one attached hydrogen (secondary N) is 1. The van der Waals surface area contributed by atoms with E-state index in [0.717, 1.165) is 6.42 Å². The van der Waals surface area contributed by atoms with Crippen molar-refractivity contribution in [1.29, 1.82) is 0 Å². The van der Waals surface area contributed by atoms with Crippen molar-refractivity contribution < 1.29 is 0 Å². The summed E-state index contributed by atoms with van der Waals surface area (Å²) < 4.78 is 0. The third-order valence-electron chi connectivity index (χ3n) is 2.68. The maximum absolute atomic E-state index is 3.77. The first-order valence-electron chi connectivity index (χ1n) is 5.04. The lowest BCUT2D eigenvalue weighted by Gasteiger charge is -2.15. The Balaban J connectivity index is 2.93. The molecule has 1 N–H and O–H groups in total. The van der Waals surface area contributed by atoms with Crippen LogP contribution in [0.4, 0.5) is 0 Å². The van der Waals surface area contributed by atoms with Crippen molar-refractivity contribution >= 4 is 0 Å². The molecule has 1 rings (SSSR count). The predicted octanol–water partition coefficient (Wildman–Crippen LogP) is 3.14. The molecule has 0 heterocycles. The van der Waals surface area contributed by atoms with Gasteiger partial charge in [-0.1, -0.05) is 24.3 Å². The molecular weight excluding hydrogens is 170 g/mol. The molecule has 0 saturated carbocycles. The molecule has 0 saturated heterocycles. The molecule has 0 bridgehead atoms. The minimum Gasteiger partial charge on any atom is -0.313 e. The molecule has 1 unspecified atom stereocenters. The summed E-state index contributed by atoms with van der Waals surface area (Å²) in [5.74, 6) is 0. The predicted molar refractivity (Wildman–Crippen MR) is 62.5 cm³/mol. The molecule has 0 amide bonds. The van der Waals surface area contributed by atoms with Gasteiger partial charge in [-0.05, 0) is 44.0 Å². The number of hydrogen-bond acceptors (Lipinski definition) is 1. The summed E-state index contributed by atoms with van der Waals surface area (Å²) in [6, 6.07) is 7.01. The summed E-state index contributed by atoms with van der Waals surface area (Å²) in [7, 11) is 1.99. The number of rotatable bonds is 4. The molecule has 0 aliphatic rings. The second kappa shape index (κ2) is 4.97. The minimum atomic E-state index is 0.395. The van der Waals surface area contributed by atoms with Gasteiger partial charge in [0.2, 0.25) is 0 Å². The first-order chi connectivity index (χ1) is 6.69. The zero-order chi connectivity index (χ0) is 10.6. The summed E-state index contributed by atoms with van der Waals surface area (Å²) in [4.78, 5) is 0. The van der Waals surface area contributed by atoms with Crippen molar-refractivity contribution in [3.63, 3.8) is 0 Å². The molecule has 14 heavy (non-hydrogen) atoms. The second-order valence-corrected chi connectivity index (χ2v) is 3.71. The highest BCUT2D eigenvalue weighted by Gasteiger charge is 2.07. The van der Waals surface area contributed by atoms with E-state index in [2.05, 4.69) is 43.9 Å². The van der Waals surface area contributed by atoms with Crippen molar-refractivity contribution in [3.8, 4) is 0 Å². The molecule has 0 spiro atoms. The zero-order valence-electron chi connectivity index (χ0n) is 9.30. The Morgan fingerprint density at radius 2 is 2.07 bits per heavy atom. The fourth-order valence-electron chi connectivity index (χ4n) is 1.57. The molecule has 1 nitrogen and oxygen atoms in total. The van der Waals surface area contributed by atoms with Crippen LogP contribution in [0.15, 0.2) is 30.9 Å². The smallest absolute Gasteiger partial charge is 0.0352 e. The van der Waals surface area contributed by atoms with Gasteiger partial charge in [0.15, 0.2) is 0 Å². The molecule has 0 aromatic heterocycles. The maximum Gasteiger partial charge on any atom is 0.0352 e. The van der Waals surface area contributed by atoms with E-state index in [1.165, 1.54) is 16.7 Å². The van der Waals surface area contributed by atoms with E-state index in [1.54, 1.807) is 0 Å². The highest BCUT2D eigenvalue weighted by atomic mass is 14.9. The van der Waals surface area contributed by atoms with Crippen LogP contribution in [0.2, 0.25) is 0 Å². The molecule has 0 aliphatic carbocycles. The van der Waals surface area contributed by atoms with Gasteiger partial charge in [-0.2, -0.15) is 0 Å². The van der Waals surface area contributed by atoms with Crippen LogP contribution in [0.5, 0.6) is 0 Å². The molecule has 0 fully saturated rings. The van der Waals surface area contributed by atoms with Gasteiger partial charge >= 0.3 is 0 Å². The van der Waals surface area contributed by atoms with E-state index in [4.69, 9.17) is 0 Å². The van der Waals surface area contributed by atoms with E-state index in [0.29, 0.717) is 6.04 Å². The quantitative estimate of drug-likeness (QED) is 0.717. The standard InChI is InChI=1S/C13H19N/c1-5-6-13(14-4)12-8-7-10(2)11(3)9-12/h5,7-9,13-14H,1,6H2,2-4H3. The Hall–Kier alpha value is -1.08. The van der Waals surface area contributed by atoms with E-state index in [1.807, 2.05) is 13.1 Å². The van der Waals surface area contributed by atoms with E-state index >= 15 is 0 Å². The minimum absolute atomic E-state index is 0.395. The first kappa shape index (κ1) is 11.0. The largest absolute Gasteiger partial charge is 0.313 e. The SMILES string of the molecule is C=CCC(NC)c1ccc(C)c(C)c1. The Bertz CT molecular complexity index is 315. The van der Waals surface area contributed by atoms with Crippen LogP contribution in [0.3, 0.4) is 0 Å². The van der Waals surface area contributed by atoms with Crippen LogP contribution in [0, 0.1) is 13.8 Å². The number of aryl methyl sites for hydroxylation is 2. The van der Waals surface area contributed by atoms with Crippen LogP contribution >= 0.6 is 0 Å². The van der Waals surface area contributed by atoms with Crippen molar-refractivity contribution in [2.24, 2.45) is 0 Å². The molecule has 0 aliphatic heterocycles. The molecule has 1 atom stereocenters. The van der Waals surface area contributed by atoms with Gasteiger partial charge < -0.3 is 5.32 Å². The molecule has 0 radical (unpaired) electrons. The highest BCUT2D eigenvalue weighted by Crippen LogP contribution is 2.19. The zero-order valence-corrected chi connectivity index (χ0v) is 9.30. The van der Waals surface area contributed by atoms with Crippen molar-refractivity contribution in [2.45, 2.75) is 26.3 Å². The second-order valence-electron chi connectivity index (χ2n) is 3.71. The van der Waals surface area contributed by atoms with E-state index in [9.17, 15) is 0 Å². The summed E-state index contributed by atoms with van der Waals surface area (Å²) in [5.41, 5.74) is 4.05. The van der Waals surface area contributed by atoms with E-state index in [-0.39, 0.29) is 0 Å². The highest BCUT2D eigenvalue weighted by molar-refractivity contribution is 5.31. The molecule has 76 valence electrons. The van der Waals surface area contributed by atoms with Crippen LogP contribution in [0.25, 0.3) is 0 Å². The lowest BCUT2D eigenvalue weighted by atomic mass is 9.99. The third-order valence-corrected chi connectivity index (χ3v) is 2.68. The van der Waals surface area contributed by atoms with Gasteiger partial charge in [0.25, 0.3) is 0 Å². The average molecular weight is 189 g/mol. The maximum atomic E-state index is 3.77. The Morgan fingerprint density at radius 3 is 2.57 bits per heavy atom. The monoisotopic (exact) mass is 189 g/mol. The first-order valence-corrected chi connectivity index (χ1v) is 5.04. The molecular formula is C13H19N. The van der Waals surface area contributed by atoms with Gasteiger partial charge in [0.1, 0.15) is 0 Å². The fraction of sp³-hybridized carbons (Fsp3) is 0.385. The van der Waals surface area contributed by atoms with Crippen molar-refractivity contribution in [3.05, 3.63) is 47.5 Å². The summed E-state index contributed by atoms with van der Waals surface area (Å²) >= 11 is 0. The van der Waals surface area contributed by atoms with Crippen LogP contribution in [0.1, 0.15) is 29.2 Å². The third kappa shape index (κ3) is 2.46. The average Bonchev–Trinajstić information content (AvgIpc) is 2.19. The summed E-state index contributed by atoms with van der Waals surface area (Å²) in [5, 5.41) is 3.29.